The van der Waals surface area contributed by atoms with Crippen molar-refractivity contribution >= 4 is 29.0 Å². The van der Waals surface area contributed by atoms with E-state index in [-0.39, 0.29) is 17.3 Å². The molecule has 0 aliphatic heterocycles. The molecule has 140 valence electrons. The summed E-state index contributed by atoms with van der Waals surface area (Å²) in [4.78, 5) is 12.6. The molecule has 27 heavy (non-hydrogen) atoms. The number of aromatic nitrogens is 5. The van der Waals surface area contributed by atoms with Crippen LogP contribution in [0.3, 0.4) is 0 Å². The summed E-state index contributed by atoms with van der Waals surface area (Å²) >= 11 is 5.87. The fourth-order valence-corrected chi connectivity index (χ4v) is 2.52. The lowest BCUT2D eigenvalue weighted by Gasteiger charge is -2.05. The van der Waals surface area contributed by atoms with Gasteiger partial charge in [-0.15, -0.1) is 5.10 Å². The zero-order valence-corrected chi connectivity index (χ0v) is 15.4. The van der Waals surface area contributed by atoms with Crippen molar-refractivity contribution in [3.05, 3.63) is 46.2 Å². The topological polar surface area (TPSA) is 137 Å². The van der Waals surface area contributed by atoms with Crippen molar-refractivity contribution in [2.75, 3.05) is 5.73 Å². The van der Waals surface area contributed by atoms with Crippen LogP contribution < -0.4 is 11.2 Å². The first-order valence-electron chi connectivity index (χ1n) is 8.14. The Bertz CT molecular complexity index is 977. The van der Waals surface area contributed by atoms with E-state index in [0.717, 1.165) is 12.0 Å². The van der Waals surface area contributed by atoms with Gasteiger partial charge in [0.2, 0.25) is 11.6 Å². The molecule has 2 aromatic heterocycles. The van der Waals surface area contributed by atoms with E-state index in [1.807, 2.05) is 19.1 Å². The van der Waals surface area contributed by atoms with Gasteiger partial charge in [0, 0.05) is 5.02 Å². The zero-order chi connectivity index (χ0) is 19.4. The first-order chi connectivity index (χ1) is 13.0. The number of nitrogens with zero attached hydrogens (tertiary/aromatic N) is 6. The van der Waals surface area contributed by atoms with Gasteiger partial charge in [-0.1, -0.05) is 42.3 Å². The first kappa shape index (κ1) is 18.5. The smallest absolute Gasteiger partial charge is 0.293 e. The number of nitrogens with two attached hydrogens (primary N) is 1. The van der Waals surface area contributed by atoms with E-state index < -0.39 is 5.91 Å². The second-order valence-electron chi connectivity index (χ2n) is 5.66. The number of halogens is 1. The number of carbonyl (C=O) groups excluding carboxylic acids is 1. The van der Waals surface area contributed by atoms with Crippen molar-refractivity contribution in [3.8, 4) is 5.82 Å². The van der Waals surface area contributed by atoms with Crippen molar-refractivity contribution in [2.45, 2.75) is 26.7 Å². The van der Waals surface area contributed by atoms with Gasteiger partial charge < -0.3 is 5.73 Å². The van der Waals surface area contributed by atoms with Crippen molar-refractivity contribution < 1.29 is 9.42 Å². The Balaban J connectivity index is 1.84. The third kappa shape index (κ3) is 3.95. The van der Waals surface area contributed by atoms with E-state index in [0.29, 0.717) is 22.8 Å². The fourth-order valence-electron chi connectivity index (χ4n) is 2.39. The Morgan fingerprint density at radius 1 is 1.33 bits per heavy atom. The van der Waals surface area contributed by atoms with Gasteiger partial charge in [-0.2, -0.15) is 9.78 Å². The molecule has 3 N–H and O–H groups in total. The molecule has 0 saturated heterocycles. The van der Waals surface area contributed by atoms with E-state index in [1.54, 1.807) is 19.1 Å². The molecule has 0 aliphatic rings. The Morgan fingerprint density at radius 3 is 2.70 bits per heavy atom. The van der Waals surface area contributed by atoms with Crippen LogP contribution in [-0.4, -0.2) is 36.9 Å². The number of hydrogen-bond donors (Lipinski definition) is 2. The number of hydrogen-bond acceptors (Lipinski definition) is 8. The number of rotatable bonds is 6. The van der Waals surface area contributed by atoms with Crippen LogP contribution in [0.2, 0.25) is 5.02 Å². The third-order valence-corrected chi connectivity index (χ3v) is 4.00. The van der Waals surface area contributed by atoms with E-state index in [9.17, 15) is 4.79 Å². The highest BCUT2D eigenvalue weighted by Crippen LogP contribution is 2.17. The lowest BCUT2D eigenvalue weighted by atomic mass is 10.1. The van der Waals surface area contributed by atoms with Gasteiger partial charge in [-0.05, 0) is 41.4 Å². The summed E-state index contributed by atoms with van der Waals surface area (Å²) in [5.41, 5.74) is 10.3. The summed E-state index contributed by atoms with van der Waals surface area (Å²) in [6.07, 6.45) is 1.29. The highest BCUT2D eigenvalue weighted by molar-refractivity contribution is 6.30. The third-order valence-electron chi connectivity index (χ3n) is 3.75. The molecule has 3 aromatic rings. The number of amides is 1. The average Bonchev–Trinajstić information content (AvgIpc) is 3.26. The highest BCUT2D eigenvalue weighted by Gasteiger charge is 2.23. The maximum Gasteiger partial charge on any atom is 0.293 e. The molecule has 0 fully saturated rings. The number of anilines is 1. The molecule has 0 unspecified atom stereocenters. The SMILES string of the molecule is CCCc1c(C(=O)N/N=C(/C)c2ccc(Cl)cc2)nnn1-c1nonc1N. The molecule has 1 amide bonds. The van der Waals surface area contributed by atoms with Crippen LogP contribution in [0.1, 0.15) is 42.0 Å². The van der Waals surface area contributed by atoms with Gasteiger partial charge in [0.05, 0.1) is 11.4 Å². The molecule has 2 heterocycles. The average molecular weight is 389 g/mol. The predicted molar refractivity (Wildman–Crippen MR) is 98.8 cm³/mol. The normalized spacial score (nSPS) is 11.6. The zero-order valence-electron chi connectivity index (χ0n) is 14.7. The number of nitrogens with one attached hydrogen (secondary N) is 1. The quantitative estimate of drug-likeness (QED) is 0.486. The van der Waals surface area contributed by atoms with Crippen LogP contribution in [0.4, 0.5) is 5.82 Å². The molecule has 0 aliphatic carbocycles. The Morgan fingerprint density at radius 2 is 2.07 bits per heavy atom. The maximum absolute atomic E-state index is 12.6. The van der Waals surface area contributed by atoms with Crippen molar-refractivity contribution in [3.63, 3.8) is 0 Å². The molecule has 0 atom stereocenters. The van der Waals surface area contributed by atoms with Gasteiger partial charge in [-0.3, -0.25) is 4.79 Å². The summed E-state index contributed by atoms with van der Waals surface area (Å²) in [7, 11) is 0. The minimum Gasteiger partial charge on any atom is -0.378 e. The number of hydrazone groups is 1. The second kappa shape index (κ2) is 7.96. The van der Waals surface area contributed by atoms with Gasteiger partial charge in [-0.25, -0.2) is 10.1 Å². The molecular formula is C16H17ClN8O2. The first-order valence-corrected chi connectivity index (χ1v) is 8.52. The Hall–Kier alpha value is -3.27. The minimum absolute atomic E-state index is 0.0563. The highest BCUT2D eigenvalue weighted by atomic mass is 35.5. The summed E-state index contributed by atoms with van der Waals surface area (Å²) in [5, 5.41) is 19.9. The van der Waals surface area contributed by atoms with E-state index in [2.05, 4.69) is 35.8 Å². The van der Waals surface area contributed by atoms with Crippen molar-refractivity contribution in [2.24, 2.45) is 5.10 Å². The van der Waals surface area contributed by atoms with E-state index >= 15 is 0 Å². The number of carbonyl (C=O) groups is 1. The molecule has 0 spiro atoms. The van der Waals surface area contributed by atoms with Gasteiger partial charge in [0.1, 0.15) is 0 Å². The summed E-state index contributed by atoms with van der Waals surface area (Å²) in [6.45, 7) is 3.74. The van der Waals surface area contributed by atoms with Gasteiger partial charge in [0.15, 0.2) is 5.69 Å². The summed E-state index contributed by atoms with van der Waals surface area (Å²) in [6, 6.07) is 7.12. The largest absolute Gasteiger partial charge is 0.378 e. The van der Waals surface area contributed by atoms with Crippen LogP contribution in [-0.2, 0) is 6.42 Å². The molecular weight excluding hydrogens is 372 g/mol. The second-order valence-corrected chi connectivity index (χ2v) is 6.10. The summed E-state index contributed by atoms with van der Waals surface area (Å²) in [5.74, 6) is -0.250. The Kier molecular flexibility index (Phi) is 5.46. The monoisotopic (exact) mass is 388 g/mol. The molecule has 0 bridgehead atoms. The van der Waals surface area contributed by atoms with Crippen molar-refractivity contribution in [1.82, 2.24) is 30.7 Å². The summed E-state index contributed by atoms with van der Waals surface area (Å²) < 4.78 is 5.94. The lowest BCUT2D eigenvalue weighted by molar-refractivity contribution is 0.0948. The standard InChI is InChI=1S/C16H17ClN8O2/c1-3-4-12-13(20-24-25(12)15-14(18)22-27-23-15)16(26)21-19-9(2)10-5-7-11(17)8-6-10/h5-8H,3-4H2,1-2H3,(H2,18,22)(H,21,26)/b19-9-. The maximum atomic E-state index is 12.6. The van der Waals surface area contributed by atoms with Crippen LogP contribution in [0.5, 0.6) is 0 Å². The van der Waals surface area contributed by atoms with E-state index in [4.69, 9.17) is 17.3 Å². The molecule has 0 saturated carbocycles. The number of benzene rings is 1. The van der Waals surface area contributed by atoms with Crippen LogP contribution in [0.25, 0.3) is 5.82 Å². The lowest BCUT2D eigenvalue weighted by Crippen LogP contribution is -2.21. The Labute approximate surface area is 159 Å². The van der Waals surface area contributed by atoms with Gasteiger partial charge in [0.25, 0.3) is 5.91 Å². The molecule has 10 nitrogen and oxygen atoms in total. The molecule has 11 heteroatoms. The molecule has 1 aromatic carbocycles. The van der Waals surface area contributed by atoms with Gasteiger partial charge >= 0.3 is 0 Å². The number of nitrogen functional groups attached to an aromatic ring is 1. The predicted octanol–water partition coefficient (Wildman–Crippen LogP) is 1.99. The van der Waals surface area contributed by atoms with Crippen LogP contribution in [0.15, 0.2) is 34.0 Å². The minimum atomic E-state index is -0.493. The van der Waals surface area contributed by atoms with E-state index in [1.165, 1.54) is 4.68 Å². The fraction of sp³-hybridized carbons (Fsp3) is 0.250. The molecule has 0 radical (unpaired) electrons. The van der Waals surface area contributed by atoms with Crippen molar-refractivity contribution in [1.29, 1.82) is 0 Å². The molecule has 3 rings (SSSR count). The van der Waals surface area contributed by atoms with Crippen LogP contribution >= 0.6 is 11.6 Å². The van der Waals surface area contributed by atoms with Crippen LogP contribution in [0, 0.1) is 0 Å².